The van der Waals surface area contributed by atoms with Crippen LogP contribution in [0.15, 0.2) is 42.5 Å². The zero-order valence-corrected chi connectivity index (χ0v) is 9.18. The Labute approximate surface area is 99.0 Å². The van der Waals surface area contributed by atoms with Crippen molar-refractivity contribution in [1.82, 2.24) is 0 Å². The summed E-state index contributed by atoms with van der Waals surface area (Å²) in [6.07, 6.45) is 0. The Morgan fingerprint density at radius 3 is 2.18 bits per heavy atom. The highest BCUT2D eigenvalue weighted by Crippen LogP contribution is 2.27. The Balaban J connectivity index is 2.63. The third-order valence-electron chi connectivity index (χ3n) is 2.56. The predicted molar refractivity (Wildman–Crippen MR) is 69.2 cm³/mol. The minimum atomic E-state index is -0.532. The van der Waals surface area contributed by atoms with Crippen LogP contribution in [0.25, 0.3) is 11.1 Å². The molecule has 0 fully saturated rings. The molecule has 2 aromatic rings. The molecule has 0 bridgehead atoms. The van der Waals surface area contributed by atoms with E-state index in [1.807, 2.05) is 18.2 Å². The Kier molecular flexibility index (Phi) is 2.70. The molecule has 2 rings (SSSR count). The van der Waals surface area contributed by atoms with Gasteiger partial charge in [0.05, 0.1) is 5.56 Å². The number of amides is 1. The number of rotatable bonds is 2. The van der Waals surface area contributed by atoms with E-state index < -0.39 is 5.91 Å². The molecular weight excluding hydrogens is 214 g/mol. The first kappa shape index (κ1) is 11.0. The fourth-order valence-corrected chi connectivity index (χ4v) is 1.75. The summed E-state index contributed by atoms with van der Waals surface area (Å²) in [4.78, 5) is 11.4. The molecule has 17 heavy (non-hydrogen) atoms. The molecule has 0 aliphatic carbocycles. The minimum absolute atomic E-state index is 0.345. The van der Waals surface area contributed by atoms with Crippen LogP contribution in [-0.4, -0.2) is 5.91 Å². The Bertz CT molecular complexity index is 561. The van der Waals surface area contributed by atoms with Gasteiger partial charge in [-0.3, -0.25) is 4.79 Å². The number of hydrogen-bond acceptors (Lipinski definition) is 3. The van der Waals surface area contributed by atoms with Crippen LogP contribution in [0.4, 0.5) is 11.4 Å². The zero-order valence-electron chi connectivity index (χ0n) is 9.18. The highest BCUT2D eigenvalue weighted by Gasteiger charge is 2.12. The number of anilines is 2. The fraction of sp³-hybridized carbons (Fsp3) is 0. The van der Waals surface area contributed by atoms with Crippen LogP contribution in [0.3, 0.4) is 0 Å². The Morgan fingerprint density at radius 2 is 1.59 bits per heavy atom. The van der Waals surface area contributed by atoms with Gasteiger partial charge < -0.3 is 17.2 Å². The first-order chi connectivity index (χ1) is 8.09. The van der Waals surface area contributed by atoms with Crippen molar-refractivity contribution < 1.29 is 4.79 Å². The molecule has 0 aromatic heterocycles. The molecule has 0 spiro atoms. The van der Waals surface area contributed by atoms with E-state index in [1.165, 1.54) is 0 Å². The summed E-state index contributed by atoms with van der Waals surface area (Å²) in [6, 6.07) is 12.4. The number of hydrogen-bond donors (Lipinski definition) is 3. The van der Waals surface area contributed by atoms with Crippen molar-refractivity contribution >= 4 is 17.3 Å². The van der Waals surface area contributed by atoms with E-state index in [9.17, 15) is 4.79 Å². The van der Waals surface area contributed by atoms with Crippen LogP contribution < -0.4 is 17.2 Å². The number of carbonyl (C=O) groups excluding carboxylic acids is 1. The molecule has 2 aromatic carbocycles. The topological polar surface area (TPSA) is 95.1 Å². The number of primary amides is 1. The second kappa shape index (κ2) is 4.17. The van der Waals surface area contributed by atoms with Gasteiger partial charge in [0.2, 0.25) is 0 Å². The van der Waals surface area contributed by atoms with Crippen molar-refractivity contribution in [2.24, 2.45) is 5.73 Å². The smallest absolute Gasteiger partial charge is 0.251 e. The molecule has 0 saturated carbocycles. The first-order valence-electron chi connectivity index (χ1n) is 5.14. The van der Waals surface area contributed by atoms with Crippen molar-refractivity contribution in [3.8, 4) is 11.1 Å². The average molecular weight is 227 g/mol. The van der Waals surface area contributed by atoms with Crippen LogP contribution >= 0.6 is 0 Å². The third-order valence-corrected chi connectivity index (χ3v) is 2.56. The lowest BCUT2D eigenvalue weighted by molar-refractivity contribution is 0.100. The highest BCUT2D eigenvalue weighted by molar-refractivity contribution is 6.04. The van der Waals surface area contributed by atoms with Crippen molar-refractivity contribution in [3.63, 3.8) is 0 Å². The van der Waals surface area contributed by atoms with Gasteiger partial charge in [-0.15, -0.1) is 0 Å². The van der Waals surface area contributed by atoms with E-state index in [2.05, 4.69) is 0 Å². The summed E-state index contributed by atoms with van der Waals surface area (Å²) in [5, 5.41) is 0. The highest BCUT2D eigenvalue weighted by atomic mass is 16.1. The normalized spacial score (nSPS) is 10.1. The molecule has 0 saturated heterocycles. The molecule has 0 unspecified atom stereocenters. The van der Waals surface area contributed by atoms with Crippen molar-refractivity contribution in [1.29, 1.82) is 0 Å². The lowest BCUT2D eigenvalue weighted by Gasteiger charge is -2.09. The van der Waals surface area contributed by atoms with E-state index in [1.54, 1.807) is 24.3 Å². The molecule has 1 amide bonds. The summed E-state index contributed by atoms with van der Waals surface area (Å²) in [5.74, 6) is -0.532. The summed E-state index contributed by atoms with van der Waals surface area (Å²) in [5.41, 5.74) is 19.7. The summed E-state index contributed by atoms with van der Waals surface area (Å²) >= 11 is 0. The fourth-order valence-electron chi connectivity index (χ4n) is 1.75. The lowest BCUT2D eigenvalue weighted by Crippen LogP contribution is -2.14. The predicted octanol–water partition coefficient (Wildman–Crippen LogP) is 1.62. The number of carbonyl (C=O) groups is 1. The van der Waals surface area contributed by atoms with E-state index in [0.717, 1.165) is 11.1 Å². The molecule has 86 valence electrons. The van der Waals surface area contributed by atoms with Gasteiger partial charge in [-0.25, -0.2) is 0 Å². The molecule has 4 heteroatoms. The summed E-state index contributed by atoms with van der Waals surface area (Å²) in [7, 11) is 0. The third kappa shape index (κ3) is 2.06. The zero-order chi connectivity index (χ0) is 12.4. The van der Waals surface area contributed by atoms with Crippen LogP contribution in [0.2, 0.25) is 0 Å². The number of nitrogens with two attached hydrogens (primary N) is 3. The van der Waals surface area contributed by atoms with Crippen LogP contribution in [0.5, 0.6) is 0 Å². The van der Waals surface area contributed by atoms with Gasteiger partial charge in [0, 0.05) is 11.4 Å². The maximum absolute atomic E-state index is 11.4. The van der Waals surface area contributed by atoms with Crippen LogP contribution in [-0.2, 0) is 0 Å². The van der Waals surface area contributed by atoms with Crippen molar-refractivity contribution in [2.75, 3.05) is 11.5 Å². The maximum Gasteiger partial charge on any atom is 0.251 e. The van der Waals surface area contributed by atoms with Gasteiger partial charge in [-0.05, 0) is 29.3 Å². The van der Waals surface area contributed by atoms with Gasteiger partial charge in [-0.1, -0.05) is 24.3 Å². The van der Waals surface area contributed by atoms with E-state index in [4.69, 9.17) is 17.2 Å². The minimum Gasteiger partial charge on any atom is -0.399 e. The second-order valence-corrected chi connectivity index (χ2v) is 3.76. The van der Waals surface area contributed by atoms with Crippen molar-refractivity contribution in [3.05, 3.63) is 48.0 Å². The first-order valence-corrected chi connectivity index (χ1v) is 5.14. The van der Waals surface area contributed by atoms with Crippen molar-refractivity contribution in [2.45, 2.75) is 0 Å². The molecule has 4 nitrogen and oxygen atoms in total. The largest absolute Gasteiger partial charge is 0.399 e. The standard InChI is InChI=1S/C13H13N3O/c14-9-6-4-8(5-7-9)10-2-1-3-11(15)12(10)13(16)17/h1-7H,14-15H2,(H2,16,17). The number of benzene rings is 2. The average Bonchev–Trinajstić information content (AvgIpc) is 2.29. The molecule has 6 N–H and O–H groups in total. The van der Waals surface area contributed by atoms with Gasteiger partial charge in [0.15, 0.2) is 0 Å². The van der Waals surface area contributed by atoms with Gasteiger partial charge in [-0.2, -0.15) is 0 Å². The SMILES string of the molecule is NC(=O)c1c(N)cccc1-c1ccc(N)cc1. The lowest BCUT2D eigenvalue weighted by atomic mass is 9.98. The second-order valence-electron chi connectivity index (χ2n) is 3.76. The molecule has 0 aliphatic rings. The maximum atomic E-state index is 11.4. The summed E-state index contributed by atoms with van der Waals surface area (Å²) in [6.45, 7) is 0. The van der Waals surface area contributed by atoms with E-state index in [-0.39, 0.29) is 0 Å². The Morgan fingerprint density at radius 1 is 0.941 bits per heavy atom. The van der Waals surface area contributed by atoms with Crippen LogP contribution in [0.1, 0.15) is 10.4 Å². The molecular formula is C13H13N3O. The number of nitrogen functional groups attached to an aromatic ring is 2. The molecule has 0 aliphatic heterocycles. The van der Waals surface area contributed by atoms with E-state index in [0.29, 0.717) is 16.9 Å². The van der Waals surface area contributed by atoms with Crippen LogP contribution in [0, 0.1) is 0 Å². The van der Waals surface area contributed by atoms with Gasteiger partial charge >= 0.3 is 0 Å². The molecule has 0 heterocycles. The quantitative estimate of drug-likeness (QED) is 0.680. The molecule has 0 radical (unpaired) electrons. The van der Waals surface area contributed by atoms with E-state index >= 15 is 0 Å². The monoisotopic (exact) mass is 227 g/mol. The van der Waals surface area contributed by atoms with Gasteiger partial charge in [0.1, 0.15) is 0 Å². The Hall–Kier alpha value is -2.49. The summed E-state index contributed by atoms with van der Waals surface area (Å²) < 4.78 is 0. The van der Waals surface area contributed by atoms with Gasteiger partial charge in [0.25, 0.3) is 5.91 Å². The molecule has 0 atom stereocenters.